The van der Waals surface area contributed by atoms with E-state index in [0.29, 0.717) is 47.4 Å². The average molecular weight is 516 g/mol. The summed E-state index contributed by atoms with van der Waals surface area (Å²) in [7, 11) is 0. The zero-order valence-electron chi connectivity index (χ0n) is 21.2. The zero-order chi connectivity index (χ0) is 26.7. The standard InChI is InChI=1S/C28H27F2N7O/c1-16-10-18(4-3-9-31)11-17(2)21(16)38-24-20-23(34-22(33-20)19-5-7-28(29,30)8-6-19)35-25(36-24)37-27-12-26(13-27,14-27)15-32/h3-4,10-11,19H,5-8,12-14H2,1-2H3,(H2,33,34,35,36,37)/b4-3+. The molecular formula is C28H27F2N7O. The van der Waals surface area contributed by atoms with E-state index in [-0.39, 0.29) is 29.7 Å². The minimum atomic E-state index is -2.62. The van der Waals surface area contributed by atoms with E-state index in [1.165, 1.54) is 6.08 Å². The van der Waals surface area contributed by atoms with E-state index in [9.17, 15) is 14.0 Å². The summed E-state index contributed by atoms with van der Waals surface area (Å²) in [6.07, 6.45) is 5.80. The number of imidazole rings is 1. The molecule has 2 aromatic heterocycles. The van der Waals surface area contributed by atoms with Crippen LogP contribution in [0.5, 0.6) is 11.6 Å². The molecule has 2 heterocycles. The van der Waals surface area contributed by atoms with Crippen LogP contribution in [0.2, 0.25) is 0 Å². The Hall–Kier alpha value is -4.05. The van der Waals surface area contributed by atoms with Crippen LogP contribution in [0.3, 0.4) is 0 Å². The predicted molar refractivity (Wildman–Crippen MR) is 137 cm³/mol. The second kappa shape index (κ2) is 8.49. The van der Waals surface area contributed by atoms with Crippen LogP contribution in [0.1, 0.15) is 73.4 Å². The summed E-state index contributed by atoms with van der Waals surface area (Å²) >= 11 is 0. The summed E-state index contributed by atoms with van der Waals surface area (Å²) in [6.45, 7) is 3.85. The molecule has 2 N–H and O–H groups in total. The molecule has 7 rings (SSSR count). The first-order valence-corrected chi connectivity index (χ1v) is 12.8. The van der Waals surface area contributed by atoms with Crippen molar-refractivity contribution in [2.75, 3.05) is 5.32 Å². The number of aryl methyl sites for hydroxylation is 2. The van der Waals surface area contributed by atoms with E-state index >= 15 is 0 Å². The molecule has 4 saturated carbocycles. The number of allylic oxidation sites excluding steroid dienone is 1. The Morgan fingerprint density at radius 3 is 2.39 bits per heavy atom. The molecule has 4 aliphatic rings. The summed E-state index contributed by atoms with van der Waals surface area (Å²) < 4.78 is 33.9. The van der Waals surface area contributed by atoms with Gasteiger partial charge in [-0.05, 0) is 80.9 Å². The third kappa shape index (κ3) is 4.14. The SMILES string of the molecule is Cc1cc(/C=C/C#N)cc(C)c1Oc1nc(NC23CC(C#N)(C2)C3)nc2nc(C3CCC(F)(F)CC3)[nH]c12. The number of hydrogen-bond donors (Lipinski definition) is 2. The molecule has 194 valence electrons. The molecule has 0 aliphatic heterocycles. The van der Waals surface area contributed by atoms with E-state index in [4.69, 9.17) is 20.0 Å². The lowest BCUT2D eigenvalue weighted by molar-refractivity contribution is -0.0665. The third-order valence-corrected chi connectivity index (χ3v) is 8.12. The number of nitrogens with zero attached hydrogens (tertiary/aromatic N) is 5. The number of aromatic amines is 1. The average Bonchev–Trinajstić information content (AvgIpc) is 3.25. The molecule has 2 bridgehead atoms. The number of alkyl halides is 2. The zero-order valence-corrected chi connectivity index (χ0v) is 21.2. The second-order valence-corrected chi connectivity index (χ2v) is 11.2. The molecule has 10 heteroatoms. The van der Waals surface area contributed by atoms with Gasteiger partial charge in [-0.15, -0.1) is 0 Å². The van der Waals surface area contributed by atoms with Gasteiger partial charge < -0.3 is 15.0 Å². The van der Waals surface area contributed by atoms with Gasteiger partial charge >= 0.3 is 0 Å². The van der Waals surface area contributed by atoms with Crippen molar-refractivity contribution in [1.82, 2.24) is 19.9 Å². The van der Waals surface area contributed by atoms with Gasteiger partial charge in [0.15, 0.2) is 5.65 Å². The normalized spacial score (nSPS) is 25.8. The number of halogens is 2. The maximum absolute atomic E-state index is 13.8. The highest BCUT2D eigenvalue weighted by Gasteiger charge is 2.69. The first-order valence-electron chi connectivity index (χ1n) is 12.8. The molecule has 4 aliphatic carbocycles. The van der Waals surface area contributed by atoms with Crippen LogP contribution in [-0.4, -0.2) is 31.4 Å². The number of fused-ring (bicyclic) bond motifs is 1. The van der Waals surface area contributed by atoms with Crippen molar-refractivity contribution in [3.05, 3.63) is 40.7 Å². The van der Waals surface area contributed by atoms with Crippen molar-refractivity contribution >= 4 is 23.2 Å². The van der Waals surface area contributed by atoms with Crippen molar-refractivity contribution < 1.29 is 13.5 Å². The Balaban J connectivity index is 1.36. The van der Waals surface area contributed by atoms with E-state index in [0.717, 1.165) is 36.0 Å². The van der Waals surface area contributed by atoms with Crippen LogP contribution in [-0.2, 0) is 0 Å². The highest BCUT2D eigenvalue weighted by Crippen LogP contribution is 2.67. The first kappa shape index (κ1) is 24.3. The van der Waals surface area contributed by atoms with Gasteiger partial charge in [0.25, 0.3) is 5.88 Å². The lowest BCUT2D eigenvalue weighted by Crippen LogP contribution is -2.70. The Labute approximate surface area is 218 Å². The van der Waals surface area contributed by atoms with Crippen LogP contribution in [0.15, 0.2) is 18.2 Å². The van der Waals surface area contributed by atoms with Crippen LogP contribution < -0.4 is 10.1 Å². The lowest BCUT2D eigenvalue weighted by atomic mass is 9.40. The minimum absolute atomic E-state index is 0.115. The van der Waals surface area contributed by atoms with E-state index in [1.807, 2.05) is 32.0 Å². The van der Waals surface area contributed by atoms with Crippen LogP contribution in [0, 0.1) is 41.9 Å². The molecule has 0 unspecified atom stereocenters. The Bertz CT molecular complexity index is 1510. The fraction of sp³-hybridized carbons (Fsp3) is 0.464. The van der Waals surface area contributed by atoms with Crippen molar-refractivity contribution in [2.45, 2.75) is 76.2 Å². The maximum atomic E-state index is 13.8. The second-order valence-electron chi connectivity index (χ2n) is 11.2. The molecule has 4 fully saturated rings. The van der Waals surface area contributed by atoms with Gasteiger partial charge in [-0.25, -0.2) is 13.8 Å². The summed E-state index contributed by atoms with van der Waals surface area (Å²) in [5, 5.41) is 21.6. The minimum Gasteiger partial charge on any atom is -0.436 e. The van der Waals surface area contributed by atoms with Gasteiger partial charge in [-0.3, -0.25) is 0 Å². The Morgan fingerprint density at radius 1 is 1.08 bits per heavy atom. The lowest BCUT2D eigenvalue weighted by Gasteiger charge is -2.66. The summed E-state index contributed by atoms with van der Waals surface area (Å²) in [5.41, 5.74) is 3.14. The molecule has 8 nitrogen and oxygen atoms in total. The number of aromatic nitrogens is 4. The molecule has 0 spiro atoms. The van der Waals surface area contributed by atoms with Crippen molar-refractivity contribution in [2.24, 2.45) is 5.41 Å². The number of anilines is 1. The largest absolute Gasteiger partial charge is 0.436 e. The highest BCUT2D eigenvalue weighted by molar-refractivity contribution is 5.78. The maximum Gasteiger partial charge on any atom is 0.250 e. The highest BCUT2D eigenvalue weighted by atomic mass is 19.3. The fourth-order valence-corrected chi connectivity index (χ4v) is 6.27. The van der Waals surface area contributed by atoms with Gasteiger partial charge in [-0.2, -0.15) is 20.5 Å². The quantitative estimate of drug-likeness (QED) is 0.362. The van der Waals surface area contributed by atoms with E-state index in [1.54, 1.807) is 6.08 Å². The predicted octanol–water partition coefficient (Wildman–Crippen LogP) is 6.45. The number of nitrogens with one attached hydrogen (secondary N) is 2. The van der Waals surface area contributed by atoms with Gasteiger partial charge in [0.2, 0.25) is 11.9 Å². The molecule has 0 saturated heterocycles. The molecule has 0 radical (unpaired) electrons. The van der Waals surface area contributed by atoms with E-state index < -0.39 is 5.92 Å². The molecule has 38 heavy (non-hydrogen) atoms. The molecule has 3 aromatic rings. The van der Waals surface area contributed by atoms with Crippen molar-refractivity contribution in [3.8, 4) is 23.8 Å². The first-order chi connectivity index (χ1) is 18.1. The van der Waals surface area contributed by atoms with Gasteiger partial charge in [0.1, 0.15) is 17.1 Å². The molecular weight excluding hydrogens is 488 g/mol. The van der Waals surface area contributed by atoms with E-state index in [2.05, 4.69) is 21.4 Å². The summed E-state index contributed by atoms with van der Waals surface area (Å²) in [6, 6.07) is 8.26. The van der Waals surface area contributed by atoms with Crippen LogP contribution >= 0.6 is 0 Å². The molecule has 0 atom stereocenters. The topological polar surface area (TPSA) is 123 Å². The fourth-order valence-electron chi connectivity index (χ4n) is 6.27. The number of hydrogen-bond acceptors (Lipinski definition) is 7. The van der Waals surface area contributed by atoms with Crippen LogP contribution in [0.25, 0.3) is 17.2 Å². The Morgan fingerprint density at radius 2 is 1.76 bits per heavy atom. The van der Waals surface area contributed by atoms with Crippen molar-refractivity contribution in [3.63, 3.8) is 0 Å². The molecule has 0 amide bonds. The number of rotatable bonds is 6. The summed E-state index contributed by atoms with van der Waals surface area (Å²) in [5.74, 6) is -0.822. The number of benzene rings is 1. The molecule has 1 aromatic carbocycles. The van der Waals surface area contributed by atoms with Gasteiger partial charge in [-0.1, -0.05) is 0 Å². The van der Waals surface area contributed by atoms with Crippen LogP contribution in [0.4, 0.5) is 14.7 Å². The third-order valence-electron chi connectivity index (χ3n) is 8.12. The van der Waals surface area contributed by atoms with Crippen molar-refractivity contribution in [1.29, 1.82) is 10.5 Å². The smallest absolute Gasteiger partial charge is 0.250 e. The number of ether oxygens (including phenoxy) is 1. The monoisotopic (exact) mass is 515 g/mol. The summed E-state index contributed by atoms with van der Waals surface area (Å²) in [4.78, 5) is 17.3. The number of H-pyrrole nitrogens is 1. The van der Waals surface area contributed by atoms with Gasteiger partial charge in [0.05, 0.1) is 17.6 Å². The van der Waals surface area contributed by atoms with Gasteiger partial charge in [0, 0.05) is 30.4 Å². The number of nitriles is 2. The Kier molecular flexibility index (Phi) is 5.43.